The molecule has 2 aromatic carbocycles. The molecule has 0 heterocycles. The Labute approximate surface area is 122 Å². The average molecular weight is 294 g/mol. The van der Waals surface area contributed by atoms with Crippen molar-refractivity contribution in [3.8, 4) is 0 Å². The fraction of sp³-hybridized carbons (Fsp3) is 0.133. The largest absolute Gasteiger partial charge is 0.399 e. The molecule has 2 rings (SSSR count). The highest BCUT2D eigenvalue weighted by Crippen LogP contribution is 2.30. The number of benzene rings is 2. The lowest BCUT2D eigenvalue weighted by molar-refractivity contribution is 0.103. The van der Waals surface area contributed by atoms with Crippen LogP contribution in [0.3, 0.4) is 0 Å². The summed E-state index contributed by atoms with van der Waals surface area (Å²) in [4.78, 5) is 12.4. The highest BCUT2D eigenvalue weighted by molar-refractivity contribution is 6.44. The predicted octanol–water partition coefficient (Wildman–Crippen LogP) is 4.37. The van der Waals surface area contributed by atoms with Crippen LogP contribution in [0.25, 0.3) is 0 Å². The number of rotatable bonds is 3. The first-order valence-corrected chi connectivity index (χ1v) is 6.66. The summed E-state index contributed by atoms with van der Waals surface area (Å²) < 4.78 is 0. The third-order valence-electron chi connectivity index (χ3n) is 2.92. The number of hydrogen-bond acceptors (Lipinski definition) is 2. The van der Waals surface area contributed by atoms with Crippen molar-refractivity contribution in [2.45, 2.75) is 13.3 Å². The molecule has 2 N–H and O–H groups in total. The van der Waals surface area contributed by atoms with E-state index >= 15 is 0 Å². The predicted molar refractivity (Wildman–Crippen MR) is 80.1 cm³/mol. The third kappa shape index (κ3) is 2.91. The summed E-state index contributed by atoms with van der Waals surface area (Å²) in [5, 5.41) is 0.524. The Kier molecular flexibility index (Phi) is 4.13. The quantitative estimate of drug-likeness (QED) is 0.674. The molecule has 0 spiro atoms. The first-order chi connectivity index (χ1) is 9.02. The first-order valence-electron chi connectivity index (χ1n) is 5.91. The third-order valence-corrected chi connectivity index (χ3v) is 3.72. The smallest absolute Gasteiger partial charge is 0.194 e. The van der Waals surface area contributed by atoms with E-state index in [0.29, 0.717) is 16.8 Å². The van der Waals surface area contributed by atoms with Crippen LogP contribution in [0.5, 0.6) is 0 Å². The van der Waals surface area contributed by atoms with Gasteiger partial charge in [-0.15, -0.1) is 0 Å². The van der Waals surface area contributed by atoms with E-state index in [2.05, 4.69) is 6.92 Å². The van der Waals surface area contributed by atoms with E-state index in [1.54, 1.807) is 18.2 Å². The fourth-order valence-corrected chi connectivity index (χ4v) is 2.25. The Morgan fingerprint density at radius 1 is 1.16 bits per heavy atom. The van der Waals surface area contributed by atoms with E-state index in [1.165, 1.54) is 11.6 Å². The van der Waals surface area contributed by atoms with Gasteiger partial charge in [0.25, 0.3) is 0 Å². The van der Waals surface area contributed by atoms with Gasteiger partial charge < -0.3 is 5.73 Å². The number of carbonyl (C=O) groups excluding carboxylic acids is 1. The molecule has 2 nitrogen and oxygen atoms in total. The van der Waals surface area contributed by atoms with Crippen LogP contribution in [0.4, 0.5) is 5.69 Å². The Bertz CT molecular complexity index is 621. The minimum atomic E-state index is -0.179. The minimum Gasteiger partial charge on any atom is -0.399 e. The van der Waals surface area contributed by atoms with Gasteiger partial charge in [-0.2, -0.15) is 0 Å². The van der Waals surface area contributed by atoms with Crippen molar-refractivity contribution in [2.24, 2.45) is 0 Å². The first kappa shape index (κ1) is 13.9. The van der Waals surface area contributed by atoms with Crippen LogP contribution in [0.15, 0.2) is 36.4 Å². The van der Waals surface area contributed by atoms with Crippen molar-refractivity contribution >= 4 is 34.7 Å². The highest BCUT2D eigenvalue weighted by Gasteiger charge is 2.15. The summed E-state index contributed by atoms with van der Waals surface area (Å²) >= 11 is 12.0. The van der Waals surface area contributed by atoms with Gasteiger partial charge in [0.2, 0.25) is 0 Å². The van der Waals surface area contributed by atoms with Crippen molar-refractivity contribution in [3.63, 3.8) is 0 Å². The number of halogens is 2. The lowest BCUT2D eigenvalue weighted by Gasteiger charge is -2.07. The number of nitrogens with two attached hydrogens (primary N) is 1. The Balaban J connectivity index is 2.43. The normalized spacial score (nSPS) is 10.5. The molecule has 0 saturated heterocycles. The standard InChI is InChI=1S/C15H13Cl2NO/c1-2-9-3-5-10(6-4-9)15(19)12-7-11(18)8-13(16)14(12)17/h3-8H,2,18H2,1H3. The Hall–Kier alpha value is -1.51. The zero-order valence-corrected chi connectivity index (χ0v) is 11.9. The van der Waals surface area contributed by atoms with Gasteiger partial charge in [0, 0.05) is 16.8 Å². The van der Waals surface area contributed by atoms with Gasteiger partial charge in [-0.05, 0) is 24.1 Å². The second kappa shape index (κ2) is 5.64. The lowest BCUT2D eigenvalue weighted by atomic mass is 10.0. The molecular formula is C15H13Cl2NO. The highest BCUT2D eigenvalue weighted by atomic mass is 35.5. The van der Waals surface area contributed by atoms with Crippen molar-refractivity contribution in [2.75, 3.05) is 5.73 Å². The second-order valence-corrected chi connectivity index (χ2v) is 5.03. The van der Waals surface area contributed by atoms with Gasteiger partial charge in [-0.25, -0.2) is 0 Å². The van der Waals surface area contributed by atoms with E-state index < -0.39 is 0 Å². The lowest BCUT2D eigenvalue weighted by Crippen LogP contribution is -2.04. The van der Waals surface area contributed by atoms with E-state index in [-0.39, 0.29) is 15.8 Å². The van der Waals surface area contributed by atoms with Crippen LogP contribution < -0.4 is 5.73 Å². The van der Waals surface area contributed by atoms with E-state index in [4.69, 9.17) is 28.9 Å². The Morgan fingerprint density at radius 2 is 1.79 bits per heavy atom. The molecule has 4 heteroatoms. The van der Waals surface area contributed by atoms with Crippen LogP contribution in [0.1, 0.15) is 28.4 Å². The van der Waals surface area contributed by atoms with Crippen LogP contribution in [-0.4, -0.2) is 5.78 Å². The van der Waals surface area contributed by atoms with Crippen LogP contribution >= 0.6 is 23.2 Å². The SMILES string of the molecule is CCc1ccc(C(=O)c2cc(N)cc(Cl)c2Cl)cc1. The molecule has 0 aliphatic carbocycles. The van der Waals surface area contributed by atoms with Crippen LogP contribution in [-0.2, 0) is 6.42 Å². The molecule has 98 valence electrons. The van der Waals surface area contributed by atoms with Crippen molar-refractivity contribution < 1.29 is 4.79 Å². The summed E-state index contributed by atoms with van der Waals surface area (Å²) in [5.74, 6) is -0.179. The molecule has 0 aliphatic rings. The monoisotopic (exact) mass is 293 g/mol. The van der Waals surface area contributed by atoms with Crippen LogP contribution in [0, 0.1) is 0 Å². The zero-order valence-electron chi connectivity index (χ0n) is 10.4. The minimum absolute atomic E-state index is 0.179. The van der Waals surface area contributed by atoms with Gasteiger partial charge in [0.15, 0.2) is 5.78 Å². The van der Waals surface area contributed by atoms with Gasteiger partial charge in [-0.3, -0.25) is 4.79 Å². The van der Waals surface area contributed by atoms with Crippen molar-refractivity contribution in [3.05, 3.63) is 63.1 Å². The van der Waals surface area contributed by atoms with E-state index in [0.717, 1.165) is 6.42 Å². The molecule has 2 aromatic rings. The van der Waals surface area contributed by atoms with E-state index in [9.17, 15) is 4.79 Å². The number of hydrogen-bond donors (Lipinski definition) is 1. The molecule has 0 atom stereocenters. The maximum Gasteiger partial charge on any atom is 0.194 e. The molecule has 0 bridgehead atoms. The number of aryl methyl sites for hydroxylation is 1. The van der Waals surface area contributed by atoms with Gasteiger partial charge in [-0.1, -0.05) is 54.4 Å². The summed E-state index contributed by atoms with van der Waals surface area (Å²) in [7, 11) is 0. The van der Waals surface area contributed by atoms with Crippen LogP contribution in [0.2, 0.25) is 10.0 Å². The summed E-state index contributed by atoms with van der Waals surface area (Å²) in [6.07, 6.45) is 0.930. The molecule has 0 aliphatic heterocycles. The topological polar surface area (TPSA) is 43.1 Å². The van der Waals surface area contributed by atoms with Gasteiger partial charge in [0.1, 0.15) is 0 Å². The summed E-state index contributed by atoms with van der Waals surface area (Å²) in [6, 6.07) is 10.5. The van der Waals surface area contributed by atoms with Gasteiger partial charge >= 0.3 is 0 Å². The molecule has 0 radical (unpaired) electrons. The molecule has 0 fully saturated rings. The van der Waals surface area contributed by atoms with Crippen molar-refractivity contribution in [1.82, 2.24) is 0 Å². The maximum atomic E-state index is 12.4. The second-order valence-electron chi connectivity index (χ2n) is 4.24. The zero-order chi connectivity index (χ0) is 14.0. The summed E-state index contributed by atoms with van der Waals surface area (Å²) in [5.41, 5.74) is 8.19. The number of carbonyl (C=O) groups is 1. The number of nitrogen functional groups attached to an aromatic ring is 1. The van der Waals surface area contributed by atoms with Gasteiger partial charge in [0.05, 0.1) is 10.0 Å². The molecular weight excluding hydrogens is 281 g/mol. The number of ketones is 1. The number of anilines is 1. The fourth-order valence-electron chi connectivity index (χ4n) is 1.82. The van der Waals surface area contributed by atoms with E-state index in [1.807, 2.05) is 12.1 Å². The average Bonchev–Trinajstić information content (AvgIpc) is 2.42. The molecule has 0 amide bonds. The van der Waals surface area contributed by atoms with Crippen molar-refractivity contribution in [1.29, 1.82) is 0 Å². The Morgan fingerprint density at radius 3 is 2.37 bits per heavy atom. The maximum absolute atomic E-state index is 12.4. The summed E-state index contributed by atoms with van der Waals surface area (Å²) in [6.45, 7) is 2.06. The molecule has 0 aromatic heterocycles. The molecule has 0 unspecified atom stereocenters. The molecule has 19 heavy (non-hydrogen) atoms. The molecule has 0 saturated carbocycles.